The molecule has 0 saturated carbocycles. The zero-order valence-electron chi connectivity index (χ0n) is 30.7. The van der Waals surface area contributed by atoms with Crippen LogP contribution in [0, 0.1) is 5.92 Å². The summed E-state index contributed by atoms with van der Waals surface area (Å²) in [6.45, 7) is 13.0. The van der Waals surface area contributed by atoms with Crippen LogP contribution in [0.4, 0.5) is 4.79 Å². The predicted molar refractivity (Wildman–Crippen MR) is 195 cm³/mol. The molecule has 2 bridgehead atoms. The Kier molecular flexibility index (Phi) is 11.1. The molecular weight excluding hydrogens is 669 g/mol. The molecular formula is C39H50N3O8P. The van der Waals surface area contributed by atoms with E-state index < -0.39 is 49.9 Å². The lowest BCUT2D eigenvalue weighted by molar-refractivity contribution is -0.212. The van der Waals surface area contributed by atoms with Gasteiger partial charge in [0, 0.05) is 18.6 Å². The summed E-state index contributed by atoms with van der Waals surface area (Å²) in [7, 11) is 2.18. The second-order valence-corrected chi connectivity index (χ2v) is 15.6. The smallest absolute Gasteiger partial charge is 0.326 e. The van der Waals surface area contributed by atoms with E-state index in [4.69, 9.17) is 28.2 Å². The quantitative estimate of drug-likeness (QED) is 0.155. The summed E-state index contributed by atoms with van der Waals surface area (Å²) in [4.78, 5) is 27.2. The molecule has 3 saturated heterocycles. The average Bonchev–Trinajstić information content (AvgIpc) is 3.61. The highest BCUT2D eigenvalue weighted by Crippen LogP contribution is 2.53. The summed E-state index contributed by atoms with van der Waals surface area (Å²) in [5, 5.41) is 2.49. The molecule has 3 heterocycles. The van der Waals surface area contributed by atoms with Gasteiger partial charge < -0.3 is 28.2 Å². The van der Waals surface area contributed by atoms with E-state index in [-0.39, 0.29) is 37.7 Å². The first-order valence-electron chi connectivity index (χ1n) is 17.5. The molecule has 1 N–H and O–H groups in total. The van der Waals surface area contributed by atoms with Crippen molar-refractivity contribution in [2.45, 2.75) is 76.3 Å². The first-order valence-corrected chi connectivity index (χ1v) is 19.2. The fraction of sp³-hybridized carbons (Fsp3) is 0.487. The fourth-order valence-corrected chi connectivity index (χ4v) is 9.70. The molecule has 11 nitrogen and oxygen atoms in total. The molecule has 0 aliphatic carbocycles. The minimum atomic E-state index is -1.11. The number of rotatable bonds is 14. The van der Waals surface area contributed by atoms with Crippen molar-refractivity contribution in [1.29, 1.82) is 0 Å². The van der Waals surface area contributed by atoms with Gasteiger partial charge in [-0.2, -0.15) is 0 Å². The van der Waals surface area contributed by atoms with Gasteiger partial charge in [0.25, 0.3) is 0 Å². The third kappa shape index (κ3) is 7.00. The van der Waals surface area contributed by atoms with E-state index in [2.05, 4.69) is 56.5 Å². The highest BCUT2D eigenvalue weighted by atomic mass is 31.2. The van der Waals surface area contributed by atoms with Crippen LogP contribution in [0.25, 0.3) is 0 Å². The van der Waals surface area contributed by atoms with Crippen LogP contribution in [0.2, 0.25) is 0 Å². The van der Waals surface area contributed by atoms with Gasteiger partial charge in [-0.25, -0.2) is 4.79 Å². The van der Waals surface area contributed by atoms with Gasteiger partial charge in [0.1, 0.15) is 43.2 Å². The zero-order chi connectivity index (χ0) is 36.5. The lowest BCUT2D eigenvalue weighted by Crippen LogP contribution is -2.60. The van der Waals surface area contributed by atoms with Crippen LogP contribution in [0.5, 0.6) is 11.5 Å². The number of carbonyl (C=O) groups is 2. The van der Waals surface area contributed by atoms with Gasteiger partial charge in [-0.3, -0.25) is 19.7 Å². The summed E-state index contributed by atoms with van der Waals surface area (Å²) in [5.41, 5.74) is 0.469. The van der Waals surface area contributed by atoms with Gasteiger partial charge >= 0.3 is 6.03 Å². The fourth-order valence-electron chi connectivity index (χ4n) is 7.65. The molecule has 12 heteroatoms. The first kappa shape index (κ1) is 37.2. The number of hydrogen-bond donors (Lipinski definition) is 1. The lowest BCUT2D eigenvalue weighted by atomic mass is 9.79. The number of imide groups is 1. The van der Waals surface area contributed by atoms with E-state index in [9.17, 15) is 9.59 Å². The number of nitrogens with zero attached hydrogens (tertiary/aromatic N) is 2. The average molecular weight is 720 g/mol. The van der Waals surface area contributed by atoms with E-state index in [1.807, 2.05) is 66.7 Å². The van der Waals surface area contributed by atoms with Crippen molar-refractivity contribution < 1.29 is 37.8 Å². The first-order chi connectivity index (χ1) is 24.4. The van der Waals surface area contributed by atoms with E-state index in [0.29, 0.717) is 0 Å². The normalized spacial score (nSPS) is 25.5. The van der Waals surface area contributed by atoms with E-state index in [1.54, 1.807) is 26.0 Å². The summed E-state index contributed by atoms with van der Waals surface area (Å²) in [5.74, 6) is 0.730. The number of urea groups is 1. The molecule has 0 aromatic heterocycles. The summed E-state index contributed by atoms with van der Waals surface area (Å²) in [6.07, 6.45) is -1.95. The van der Waals surface area contributed by atoms with E-state index >= 15 is 0 Å². The van der Waals surface area contributed by atoms with Gasteiger partial charge in [-0.15, -0.1) is 0 Å². The van der Waals surface area contributed by atoms with Crippen LogP contribution < -0.4 is 14.8 Å². The number of amides is 3. The van der Waals surface area contributed by atoms with Gasteiger partial charge in [0.15, 0.2) is 6.23 Å². The third-order valence-corrected chi connectivity index (χ3v) is 12.2. The van der Waals surface area contributed by atoms with Gasteiger partial charge in [0.05, 0.1) is 33.4 Å². The Bertz CT molecular complexity index is 1600. The van der Waals surface area contributed by atoms with Crippen LogP contribution in [0.3, 0.4) is 0 Å². The Labute approximate surface area is 302 Å². The number of nitrogens with one attached hydrogen (secondary N) is 1. The van der Waals surface area contributed by atoms with Gasteiger partial charge in [-0.1, -0.05) is 61.5 Å². The maximum atomic E-state index is 13.3. The third-order valence-electron chi connectivity index (χ3n) is 10.0. The lowest BCUT2D eigenvalue weighted by Gasteiger charge is -2.42. The molecule has 3 aromatic rings. The standard InChI is InChI=1S/C39H50N3O8P/c1-25(2)42(26(3)4)51(8)50-34-33-36(41-22-27(5)35(43)40-37(41)44)49-38(34,23-47-33)24-48-39(28-12-10-9-11-13-28,29-14-18-31(45-6)19-15-29)30-16-20-32(46-7)21-17-30/h9-21,25-27,33-34,36H,22-24H2,1-8H3,(H,40,43,44)/t27?,33-,34+,36-,38-,51?/m1/s1. The summed E-state index contributed by atoms with van der Waals surface area (Å²) in [6, 6.07) is 25.8. The molecule has 3 aromatic carbocycles. The SMILES string of the molecule is COc1ccc(C(OC[C@@]23CO[C@@H]([C@H](N4CC(C)C(=O)NC4=O)O2)[C@@H]3OP(C)N(C(C)C)C(C)C)(c2ccccc2)c2ccc(OC)cc2)cc1. The van der Waals surface area contributed by atoms with E-state index in [0.717, 1.165) is 28.2 Å². The molecule has 0 radical (unpaired) electrons. The molecule has 3 aliphatic heterocycles. The van der Waals surface area contributed by atoms with Gasteiger partial charge in [0.2, 0.25) is 5.91 Å². The predicted octanol–water partition coefficient (Wildman–Crippen LogP) is 6.14. The van der Waals surface area contributed by atoms with Crippen molar-refractivity contribution in [3.05, 3.63) is 95.6 Å². The maximum absolute atomic E-state index is 13.3. The Morgan fingerprint density at radius 2 is 1.45 bits per heavy atom. The monoisotopic (exact) mass is 719 g/mol. The molecule has 274 valence electrons. The number of methoxy groups -OCH3 is 2. The van der Waals surface area contributed by atoms with Crippen LogP contribution in [0.15, 0.2) is 78.9 Å². The molecule has 2 unspecified atom stereocenters. The molecule has 6 atom stereocenters. The Hall–Kier alpha value is -3.57. The second-order valence-electron chi connectivity index (χ2n) is 14.0. The van der Waals surface area contributed by atoms with Crippen LogP contribution >= 0.6 is 8.30 Å². The number of ether oxygens (including phenoxy) is 5. The largest absolute Gasteiger partial charge is 0.497 e. The zero-order valence-corrected chi connectivity index (χ0v) is 31.6. The number of hydrogen-bond acceptors (Lipinski definition) is 9. The second kappa shape index (κ2) is 15.2. The number of benzene rings is 3. The van der Waals surface area contributed by atoms with E-state index in [1.165, 1.54) is 0 Å². The van der Waals surface area contributed by atoms with Crippen LogP contribution in [-0.4, -0.2) is 98.3 Å². The molecule has 3 amide bonds. The summed E-state index contributed by atoms with van der Waals surface area (Å²) >= 11 is 0. The highest BCUT2D eigenvalue weighted by Gasteiger charge is 2.66. The Morgan fingerprint density at radius 3 is 1.98 bits per heavy atom. The molecule has 0 spiro atoms. The van der Waals surface area contributed by atoms with Crippen LogP contribution in [-0.2, 0) is 29.1 Å². The van der Waals surface area contributed by atoms with Crippen LogP contribution in [0.1, 0.15) is 51.3 Å². The molecule has 3 fully saturated rings. The maximum Gasteiger partial charge on any atom is 0.326 e. The van der Waals surface area contributed by atoms with Gasteiger partial charge in [-0.05, 0) is 75.3 Å². The van der Waals surface area contributed by atoms with Crippen molar-refractivity contribution >= 4 is 20.2 Å². The molecule has 6 rings (SSSR count). The minimum Gasteiger partial charge on any atom is -0.497 e. The minimum absolute atomic E-state index is 0.0636. The van der Waals surface area contributed by atoms with Crippen molar-refractivity contribution in [3.8, 4) is 11.5 Å². The molecule has 3 aliphatic rings. The van der Waals surface area contributed by atoms with Crippen molar-refractivity contribution in [2.24, 2.45) is 5.92 Å². The Morgan fingerprint density at radius 1 is 0.902 bits per heavy atom. The van der Waals surface area contributed by atoms with Crippen molar-refractivity contribution in [3.63, 3.8) is 0 Å². The molecule has 51 heavy (non-hydrogen) atoms. The van der Waals surface area contributed by atoms with Crippen molar-refractivity contribution in [2.75, 3.05) is 40.6 Å². The summed E-state index contributed by atoms with van der Waals surface area (Å²) < 4.78 is 41.3. The topological polar surface area (TPSA) is 108 Å². The Balaban J connectivity index is 1.44. The highest BCUT2D eigenvalue weighted by molar-refractivity contribution is 7.49. The number of fused-ring (bicyclic) bond motifs is 2. The number of carbonyl (C=O) groups excluding carboxylic acids is 2. The van der Waals surface area contributed by atoms with Crippen molar-refractivity contribution in [1.82, 2.24) is 14.9 Å².